The van der Waals surface area contributed by atoms with Gasteiger partial charge in [0.1, 0.15) is 11.5 Å². The minimum absolute atomic E-state index is 0.240. The average Bonchev–Trinajstić information content (AvgIpc) is 3.07. The quantitative estimate of drug-likeness (QED) is 0.848. The Hall–Kier alpha value is -1.75. The molecule has 0 saturated heterocycles. The normalized spacial score (nSPS) is 16.9. The van der Waals surface area contributed by atoms with Gasteiger partial charge in [-0.05, 0) is 19.4 Å². The molecule has 2 heterocycles. The fourth-order valence-electron chi connectivity index (χ4n) is 3.00. The summed E-state index contributed by atoms with van der Waals surface area (Å²) in [4.78, 5) is 11.9. The molecule has 0 saturated carbocycles. The highest BCUT2D eigenvalue weighted by atomic mass is 16.5. The van der Waals surface area contributed by atoms with E-state index < -0.39 is 12.1 Å². The predicted octanol–water partition coefficient (Wildman–Crippen LogP) is 1.46. The van der Waals surface area contributed by atoms with E-state index in [2.05, 4.69) is 0 Å². The number of hydrogen-bond acceptors (Lipinski definition) is 5. The molecule has 0 fully saturated rings. The van der Waals surface area contributed by atoms with Crippen LogP contribution < -0.4 is 9.47 Å². The van der Waals surface area contributed by atoms with Gasteiger partial charge < -0.3 is 19.3 Å². The number of rotatable bonds is 3. The molecule has 1 aromatic rings. The van der Waals surface area contributed by atoms with Gasteiger partial charge in [0.2, 0.25) is 0 Å². The number of ether oxygens (including phenoxy) is 3. The molecule has 0 radical (unpaired) electrons. The van der Waals surface area contributed by atoms with Crippen LogP contribution in [0.25, 0.3) is 0 Å². The van der Waals surface area contributed by atoms with Crippen molar-refractivity contribution in [1.82, 2.24) is 0 Å². The zero-order chi connectivity index (χ0) is 14.3. The fraction of sp³-hybridized carbons (Fsp3) is 0.533. The maximum Gasteiger partial charge on any atom is 0.339 e. The lowest BCUT2D eigenvalue weighted by molar-refractivity contribution is -0.153. The van der Waals surface area contributed by atoms with Crippen molar-refractivity contribution in [2.24, 2.45) is 0 Å². The van der Waals surface area contributed by atoms with Crippen LogP contribution in [0.2, 0.25) is 0 Å². The third-order valence-electron chi connectivity index (χ3n) is 3.89. The Morgan fingerprint density at radius 2 is 1.90 bits per heavy atom. The molecule has 108 valence electrons. The number of aliphatic hydroxyl groups is 1. The number of carbonyl (C=O) groups is 1. The van der Waals surface area contributed by atoms with Gasteiger partial charge in [-0.1, -0.05) is 0 Å². The Bertz CT molecular complexity index is 529. The summed E-state index contributed by atoms with van der Waals surface area (Å²) in [5.41, 5.74) is 3.51. The molecule has 20 heavy (non-hydrogen) atoms. The number of esters is 1. The lowest BCUT2D eigenvalue weighted by atomic mass is 9.92. The molecule has 0 amide bonds. The van der Waals surface area contributed by atoms with Crippen LogP contribution in [-0.4, -0.2) is 30.9 Å². The predicted molar refractivity (Wildman–Crippen MR) is 71.2 cm³/mol. The minimum Gasteiger partial charge on any atom is -0.493 e. The standard InChI is InChI=1S/C15H18O5/c1-3-18-15(17)12(16)11-10-5-7-19-13(10)8(2)9-4-6-20-14(9)11/h12,16H,3-7H2,1-2H3. The molecule has 0 aromatic heterocycles. The lowest BCUT2D eigenvalue weighted by Crippen LogP contribution is -2.17. The topological polar surface area (TPSA) is 65.0 Å². The van der Waals surface area contributed by atoms with Gasteiger partial charge in [0, 0.05) is 29.5 Å². The van der Waals surface area contributed by atoms with Crippen LogP contribution in [0.1, 0.15) is 35.3 Å². The summed E-state index contributed by atoms with van der Waals surface area (Å²) < 4.78 is 16.3. The first-order valence-electron chi connectivity index (χ1n) is 6.93. The van der Waals surface area contributed by atoms with Crippen LogP contribution in [0.5, 0.6) is 11.5 Å². The second-order valence-electron chi connectivity index (χ2n) is 5.01. The van der Waals surface area contributed by atoms with Gasteiger partial charge in [-0.25, -0.2) is 4.79 Å². The van der Waals surface area contributed by atoms with E-state index in [-0.39, 0.29) is 6.61 Å². The smallest absolute Gasteiger partial charge is 0.339 e. The van der Waals surface area contributed by atoms with Gasteiger partial charge in [0.05, 0.1) is 19.8 Å². The van der Waals surface area contributed by atoms with Crippen LogP contribution in [-0.2, 0) is 22.4 Å². The van der Waals surface area contributed by atoms with Gasteiger partial charge in [0.15, 0.2) is 6.10 Å². The van der Waals surface area contributed by atoms with Crippen LogP contribution in [0.3, 0.4) is 0 Å². The first-order chi connectivity index (χ1) is 9.65. The van der Waals surface area contributed by atoms with E-state index in [1.165, 1.54) is 0 Å². The molecule has 0 aliphatic carbocycles. The maximum absolute atomic E-state index is 11.9. The molecule has 1 atom stereocenters. The molecule has 1 aromatic carbocycles. The van der Waals surface area contributed by atoms with Crippen molar-refractivity contribution >= 4 is 5.97 Å². The van der Waals surface area contributed by atoms with Crippen LogP contribution in [0.4, 0.5) is 0 Å². The molecule has 2 aliphatic heterocycles. The molecule has 3 rings (SSSR count). The van der Waals surface area contributed by atoms with Crippen molar-refractivity contribution in [3.05, 3.63) is 22.3 Å². The van der Waals surface area contributed by atoms with Crippen molar-refractivity contribution in [3.8, 4) is 11.5 Å². The Morgan fingerprint density at radius 3 is 2.60 bits per heavy atom. The Labute approximate surface area is 117 Å². The first-order valence-corrected chi connectivity index (χ1v) is 6.93. The van der Waals surface area contributed by atoms with E-state index in [9.17, 15) is 9.90 Å². The number of benzene rings is 1. The first kappa shape index (κ1) is 13.2. The van der Waals surface area contributed by atoms with E-state index in [1.54, 1.807) is 6.92 Å². The second kappa shape index (κ2) is 4.98. The molecule has 0 bridgehead atoms. The monoisotopic (exact) mass is 278 g/mol. The highest BCUT2D eigenvalue weighted by molar-refractivity contribution is 5.80. The number of carbonyl (C=O) groups excluding carboxylic acids is 1. The van der Waals surface area contributed by atoms with Crippen molar-refractivity contribution in [2.75, 3.05) is 19.8 Å². The molecule has 5 heteroatoms. The van der Waals surface area contributed by atoms with Gasteiger partial charge in [0.25, 0.3) is 0 Å². The summed E-state index contributed by atoms with van der Waals surface area (Å²) in [6.45, 7) is 5.10. The third kappa shape index (κ3) is 1.85. The van der Waals surface area contributed by atoms with Crippen LogP contribution in [0.15, 0.2) is 0 Å². The molecular formula is C15H18O5. The van der Waals surface area contributed by atoms with Crippen molar-refractivity contribution in [3.63, 3.8) is 0 Å². The largest absolute Gasteiger partial charge is 0.493 e. The summed E-state index contributed by atoms with van der Waals surface area (Å²) in [6.07, 6.45) is 0.150. The maximum atomic E-state index is 11.9. The Kier molecular flexibility index (Phi) is 3.30. The van der Waals surface area contributed by atoms with Gasteiger partial charge in [-0.3, -0.25) is 0 Å². The number of fused-ring (bicyclic) bond motifs is 2. The summed E-state index contributed by atoms with van der Waals surface area (Å²) in [5.74, 6) is 0.808. The highest BCUT2D eigenvalue weighted by Crippen LogP contribution is 2.46. The van der Waals surface area contributed by atoms with Crippen LogP contribution >= 0.6 is 0 Å². The fourth-order valence-corrected chi connectivity index (χ4v) is 3.00. The molecule has 1 N–H and O–H groups in total. The van der Waals surface area contributed by atoms with E-state index in [0.717, 1.165) is 28.9 Å². The molecule has 5 nitrogen and oxygen atoms in total. The van der Waals surface area contributed by atoms with Crippen molar-refractivity contribution < 1.29 is 24.1 Å². The minimum atomic E-state index is -1.31. The molecular weight excluding hydrogens is 260 g/mol. The number of aliphatic hydroxyl groups excluding tert-OH is 1. The van der Waals surface area contributed by atoms with Gasteiger partial charge in [-0.15, -0.1) is 0 Å². The molecule has 0 spiro atoms. The Morgan fingerprint density at radius 1 is 1.25 bits per heavy atom. The summed E-state index contributed by atoms with van der Waals surface area (Å²) in [5, 5.41) is 10.3. The van der Waals surface area contributed by atoms with Crippen molar-refractivity contribution in [2.45, 2.75) is 32.8 Å². The zero-order valence-corrected chi connectivity index (χ0v) is 11.7. The zero-order valence-electron chi connectivity index (χ0n) is 11.7. The van der Waals surface area contributed by atoms with Gasteiger partial charge >= 0.3 is 5.97 Å². The Balaban J connectivity index is 2.13. The van der Waals surface area contributed by atoms with Crippen LogP contribution in [0, 0.1) is 6.92 Å². The van der Waals surface area contributed by atoms with Crippen molar-refractivity contribution in [1.29, 1.82) is 0 Å². The SMILES string of the molecule is CCOC(=O)C(O)c1c2c(c(C)c3c1OCC3)OCC2. The highest BCUT2D eigenvalue weighted by Gasteiger charge is 2.35. The molecule has 2 aliphatic rings. The number of hydrogen-bond donors (Lipinski definition) is 1. The van der Waals surface area contributed by atoms with E-state index >= 15 is 0 Å². The van der Waals surface area contributed by atoms with E-state index in [1.807, 2.05) is 6.92 Å². The molecule has 1 unspecified atom stereocenters. The summed E-state index contributed by atoms with van der Waals surface area (Å²) in [7, 11) is 0. The third-order valence-corrected chi connectivity index (χ3v) is 3.89. The summed E-state index contributed by atoms with van der Waals surface area (Å²) >= 11 is 0. The lowest BCUT2D eigenvalue weighted by Gasteiger charge is -2.18. The van der Waals surface area contributed by atoms with E-state index in [0.29, 0.717) is 30.9 Å². The summed E-state index contributed by atoms with van der Waals surface area (Å²) in [6, 6.07) is 0. The van der Waals surface area contributed by atoms with Gasteiger partial charge in [-0.2, -0.15) is 0 Å². The van der Waals surface area contributed by atoms with E-state index in [4.69, 9.17) is 14.2 Å². The average molecular weight is 278 g/mol. The second-order valence-corrected chi connectivity index (χ2v) is 5.01.